The van der Waals surface area contributed by atoms with E-state index in [0.29, 0.717) is 25.0 Å². The molecule has 1 saturated carbocycles. The maximum atomic E-state index is 13.0. The molecule has 36 heavy (non-hydrogen) atoms. The van der Waals surface area contributed by atoms with Crippen molar-refractivity contribution in [2.24, 2.45) is 5.73 Å². The molecule has 1 heterocycles. The number of hydroxylamine groups is 1. The summed E-state index contributed by atoms with van der Waals surface area (Å²) in [6, 6.07) is 8.40. The van der Waals surface area contributed by atoms with Crippen LogP contribution in [0.15, 0.2) is 36.5 Å². The fourth-order valence-electron chi connectivity index (χ4n) is 3.60. The molecule has 1 aromatic carbocycles. The van der Waals surface area contributed by atoms with E-state index in [1.54, 1.807) is 37.3 Å². The van der Waals surface area contributed by atoms with Crippen molar-refractivity contribution in [1.29, 1.82) is 0 Å². The van der Waals surface area contributed by atoms with E-state index in [1.165, 1.54) is 10.9 Å². The van der Waals surface area contributed by atoms with Crippen LogP contribution in [0.3, 0.4) is 0 Å². The van der Waals surface area contributed by atoms with Gasteiger partial charge in [-0.3, -0.25) is 4.68 Å². The fraction of sp³-hybridized carbons (Fsp3) is 0.522. The van der Waals surface area contributed by atoms with Crippen molar-refractivity contribution in [3.05, 3.63) is 42.1 Å². The van der Waals surface area contributed by atoms with Gasteiger partial charge in [-0.15, -0.1) is 5.10 Å². The first-order valence-electron chi connectivity index (χ1n) is 11.5. The second kappa shape index (κ2) is 12.6. The Bertz CT molecular complexity index is 993. The van der Waals surface area contributed by atoms with Gasteiger partial charge in [-0.25, -0.2) is 9.59 Å². The summed E-state index contributed by atoms with van der Waals surface area (Å²) in [5.74, 6) is -2.81. The first-order chi connectivity index (χ1) is 17.2. The van der Waals surface area contributed by atoms with Gasteiger partial charge >= 0.3 is 18.2 Å². The van der Waals surface area contributed by atoms with Crippen LogP contribution in [0.5, 0.6) is 5.88 Å². The van der Waals surface area contributed by atoms with Crippen LogP contribution in [0, 0.1) is 0 Å². The summed E-state index contributed by atoms with van der Waals surface area (Å²) in [6.45, 7) is 2.10. The van der Waals surface area contributed by atoms with Crippen LogP contribution in [0.4, 0.5) is 23.7 Å². The van der Waals surface area contributed by atoms with Crippen molar-refractivity contribution in [1.82, 2.24) is 9.78 Å². The summed E-state index contributed by atoms with van der Waals surface area (Å²) in [7, 11) is 0. The third-order valence-electron chi connectivity index (χ3n) is 5.46. The monoisotopic (exact) mass is 514 g/mol. The van der Waals surface area contributed by atoms with Crippen LogP contribution in [-0.4, -0.2) is 53.9 Å². The number of ether oxygens (including phenoxy) is 3. The predicted octanol–water partition coefficient (Wildman–Crippen LogP) is 3.90. The van der Waals surface area contributed by atoms with Crippen LogP contribution in [0.2, 0.25) is 0 Å². The Hall–Kier alpha value is -3.32. The molecular formula is C23H29F3N4O6. The van der Waals surface area contributed by atoms with Crippen molar-refractivity contribution in [3.8, 4) is 5.88 Å². The highest BCUT2D eigenvalue weighted by molar-refractivity contribution is 5.90. The molecule has 10 nitrogen and oxygen atoms in total. The molecule has 0 radical (unpaired) electrons. The second-order valence-corrected chi connectivity index (χ2v) is 8.12. The molecule has 0 atom stereocenters. The SMILES string of the molecule is CCOCCOc1nn(C2CCC(N)CC2)cc1N(OC(=O)C(F)(F)F)C(=O)OCc1ccccc1. The number of benzene rings is 1. The van der Waals surface area contributed by atoms with E-state index in [4.69, 9.17) is 19.9 Å². The number of nitrogens with two attached hydrogens (primary N) is 1. The van der Waals surface area contributed by atoms with Gasteiger partial charge in [0.2, 0.25) is 0 Å². The average molecular weight is 515 g/mol. The first-order valence-corrected chi connectivity index (χ1v) is 11.5. The van der Waals surface area contributed by atoms with Crippen LogP contribution < -0.4 is 15.5 Å². The van der Waals surface area contributed by atoms with Crippen molar-refractivity contribution in [2.75, 3.05) is 24.9 Å². The molecule has 2 N–H and O–H groups in total. The predicted molar refractivity (Wildman–Crippen MR) is 121 cm³/mol. The Labute approximate surface area is 206 Å². The molecule has 0 saturated heterocycles. The summed E-state index contributed by atoms with van der Waals surface area (Å²) >= 11 is 0. The zero-order valence-corrected chi connectivity index (χ0v) is 19.8. The molecular weight excluding hydrogens is 485 g/mol. The van der Waals surface area contributed by atoms with Crippen LogP contribution >= 0.6 is 0 Å². The van der Waals surface area contributed by atoms with Gasteiger partial charge in [-0.1, -0.05) is 35.4 Å². The maximum absolute atomic E-state index is 13.0. The van der Waals surface area contributed by atoms with E-state index in [2.05, 4.69) is 9.94 Å². The van der Waals surface area contributed by atoms with E-state index in [1.807, 2.05) is 0 Å². The van der Waals surface area contributed by atoms with E-state index >= 15 is 0 Å². The lowest BCUT2D eigenvalue weighted by molar-refractivity contribution is -0.200. The minimum Gasteiger partial charge on any atom is -0.473 e. The van der Waals surface area contributed by atoms with Crippen LogP contribution in [0.25, 0.3) is 0 Å². The number of aromatic nitrogens is 2. The number of alkyl halides is 3. The molecule has 1 fully saturated rings. The zero-order valence-electron chi connectivity index (χ0n) is 19.8. The molecule has 0 unspecified atom stereocenters. The molecule has 13 heteroatoms. The fourth-order valence-corrected chi connectivity index (χ4v) is 3.60. The molecule has 1 aliphatic rings. The Morgan fingerprint density at radius 1 is 1.14 bits per heavy atom. The topological polar surface area (TPSA) is 118 Å². The van der Waals surface area contributed by atoms with Gasteiger partial charge in [0.25, 0.3) is 5.88 Å². The van der Waals surface area contributed by atoms with Gasteiger partial charge in [-0.2, -0.15) is 13.2 Å². The normalized spacial score (nSPS) is 17.9. The Morgan fingerprint density at radius 3 is 2.47 bits per heavy atom. The Morgan fingerprint density at radius 2 is 1.83 bits per heavy atom. The molecule has 3 rings (SSSR count). The Kier molecular flexibility index (Phi) is 9.53. The third-order valence-corrected chi connectivity index (χ3v) is 5.46. The third kappa shape index (κ3) is 7.59. The van der Waals surface area contributed by atoms with Gasteiger partial charge in [0, 0.05) is 12.6 Å². The standard InChI is InChI=1S/C23H29F3N4O6/c1-2-33-12-13-34-20-19(14-29(28-20)18-10-8-17(27)9-11-18)30(36-21(31)23(24,25)26)22(32)35-15-16-6-4-3-5-7-16/h3-7,14,17-18H,2,8-13,15,27H2,1H3. The molecule has 0 aliphatic heterocycles. The van der Waals surface area contributed by atoms with Gasteiger partial charge < -0.3 is 24.8 Å². The highest BCUT2D eigenvalue weighted by atomic mass is 19.4. The zero-order chi connectivity index (χ0) is 26.1. The minimum atomic E-state index is -5.36. The number of hydrogen-bond acceptors (Lipinski definition) is 8. The van der Waals surface area contributed by atoms with Crippen molar-refractivity contribution >= 4 is 17.7 Å². The van der Waals surface area contributed by atoms with Gasteiger partial charge in [0.15, 0.2) is 5.69 Å². The largest absolute Gasteiger partial charge is 0.493 e. The Balaban J connectivity index is 1.89. The maximum Gasteiger partial charge on any atom is 0.493 e. The van der Waals surface area contributed by atoms with Gasteiger partial charge in [0.05, 0.1) is 18.8 Å². The number of hydrogen-bond donors (Lipinski definition) is 1. The van der Waals surface area contributed by atoms with Crippen molar-refractivity contribution < 1.29 is 41.8 Å². The van der Waals surface area contributed by atoms with E-state index < -0.39 is 18.2 Å². The van der Waals surface area contributed by atoms with E-state index in [0.717, 1.165) is 12.8 Å². The number of halogens is 3. The summed E-state index contributed by atoms with van der Waals surface area (Å²) in [6.07, 6.45) is -2.62. The van der Waals surface area contributed by atoms with Crippen LogP contribution in [0.1, 0.15) is 44.2 Å². The lowest BCUT2D eigenvalue weighted by atomic mass is 9.92. The van der Waals surface area contributed by atoms with Gasteiger partial charge in [-0.05, 0) is 38.2 Å². The minimum absolute atomic E-state index is 0.00643. The smallest absolute Gasteiger partial charge is 0.473 e. The molecule has 198 valence electrons. The lowest BCUT2D eigenvalue weighted by Gasteiger charge is -2.26. The lowest BCUT2D eigenvalue weighted by Crippen LogP contribution is -2.39. The quantitative estimate of drug-likeness (QED) is 0.395. The summed E-state index contributed by atoms with van der Waals surface area (Å²) in [5, 5.41) is 4.44. The van der Waals surface area contributed by atoms with Crippen molar-refractivity contribution in [2.45, 2.75) is 57.5 Å². The first kappa shape index (κ1) is 27.3. The molecule has 2 aromatic rings. The van der Waals surface area contributed by atoms with Crippen LogP contribution in [-0.2, 0) is 25.7 Å². The molecule has 1 aliphatic carbocycles. The molecule has 0 bridgehead atoms. The average Bonchev–Trinajstić information content (AvgIpc) is 3.27. The van der Waals surface area contributed by atoms with Gasteiger partial charge in [0.1, 0.15) is 13.2 Å². The second-order valence-electron chi connectivity index (χ2n) is 8.12. The number of nitrogens with zero attached hydrogens (tertiary/aromatic N) is 3. The molecule has 0 spiro atoms. The highest BCUT2D eigenvalue weighted by Gasteiger charge is 2.45. The summed E-state index contributed by atoms with van der Waals surface area (Å²) in [4.78, 5) is 29.0. The molecule has 1 amide bonds. The highest BCUT2D eigenvalue weighted by Crippen LogP contribution is 2.34. The number of rotatable bonds is 9. The number of carbonyl (C=O) groups is 2. The van der Waals surface area contributed by atoms with E-state index in [9.17, 15) is 22.8 Å². The molecule has 1 aromatic heterocycles. The summed E-state index contributed by atoms with van der Waals surface area (Å²) in [5.41, 5.74) is 6.24. The van der Waals surface area contributed by atoms with Crippen molar-refractivity contribution in [3.63, 3.8) is 0 Å². The number of amides is 1. The summed E-state index contributed by atoms with van der Waals surface area (Å²) < 4.78 is 56.5. The number of anilines is 1. The number of carbonyl (C=O) groups excluding carboxylic acids is 2. The van der Waals surface area contributed by atoms with E-state index in [-0.39, 0.29) is 48.5 Å².